The molecule has 0 amide bonds. The quantitative estimate of drug-likeness (QED) is 0.0500. The van der Waals surface area contributed by atoms with E-state index in [1.807, 2.05) is 0 Å². The Kier molecular flexibility index (Phi) is 55.9. The summed E-state index contributed by atoms with van der Waals surface area (Å²) in [5.74, 6) is -1.98. The summed E-state index contributed by atoms with van der Waals surface area (Å²) in [7, 11) is 0. The first-order valence-corrected chi connectivity index (χ1v) is 21.8. The van der Waals surface area contributed by atoms with Crippen molar-refractivity contribution in [1.82, 2.24) is 0 Å². The molecule has 0 spiro atoms. The number of hydrogen-bond acceptors (Lipinski definition) is 3. The number of carbonyl (C=O) groups is 3. The summed E-state index contributed by atoms with van der Waals surface area (Å²) >= 11 is 1.35. The molecule has 0 fully saturated rings. The molecule has 7 heteroatoms. The molecule has 0 saturated carbocycles. The van der Waals surface area contributed by atoms with E-state index in [0.29, 0.717) is 19.3 Å². The fraction of sp³-hybridized carbons (Fsp3) is 0.919. The molecule has 0 bridgehead atoms. The zero-order valence-corrected chi connectivity index (χ0v) is 33.2. The Morgan fingerprint density at radius 2 is 0.455 bits per heavy atom. The zero-order chi connectivity index (χ0) is 33.9. The van der Waals surface area contributed by atoms with Gasteiger partial charge in [0.25, 0.3) is 0 Å². The summed E-state index contributed by atoms with van der Waals surface area (Å²) in [4.78, 5) is 32.7. The maximum absolute atomic E-state index is 10.2. The van der Waals surface area contributed by atoms with Crippen LogP contribution in [-0.2, 0) is 14.4 Å². The first kappa shape index (κ1) is 50.1. The number of carboxylic acids is 3. The summed E-state index contributed by atoms with van der Waals surface area (Å²) in [6, 6.07) is 0. The van der Waals surface area contributed by atoms with Gasteiger partial charge in [0.2, 0.25) is 0 Å². The Balaban J connectivity index is -0.000000265. The molecule has 0 aliphatic carbocycles. The number of carboxylic acid groups (broad SMARTS) is 3. The molecule has 6 nitrogen and oxygen atoms in total. The van der Waals surface area contributed by atoms with Crippen molar-refractivity contribution in [3.63, 3.8) is 0 Å². The van der Waals surface area contributed by atoms with Crippen molar-refractivity contribution in [2.45, 2.75) is 218 Å². The van der Waals surface area contributed by atoms with Crippen LogP contribution in [0.5, 0.6) is 0 Å². The van der Waals surface area contributed by atoms with Crippen LogP contribution in [0.1, 0.15) is 213 Å². The van der Waals surface area contributed by atoms with Gasteiger partial charge in [-0.05, 0) is 19.3 Å². The van der Waals surface area contributed by atoms with E-state index in [0.717, 1.165) is 38.5 Å². The minimum atomic E-state index is -0.659. The van der Waals surface area contributed by atoms with E-state index < -0.39 is 17.9 Å². The van der Waals surface area contributed by atoms with Crippen LogP contribution in [0.2, 0.25) is 4.94 Å². The summed E-state index contributed by atoms with van der Waals surface area (Å²) in [6.07, 6.45) is 34.4. The SMILES string of the molecule is CCCCCCCCCCCC(=O)O.CCCCCCCCCCCC(=O)O.CCCCCCCCCCCC(=O)O.[CH3][SnH]. The first-order valence-electron chi connectivity index (χ1n) is 18.5. The second-order valence-corrected chi connectivity index (χ2v) is 11.9. The van der Waals surface area contributed by atoms with Gasteiger partial charge in [0.1, 0.15) is 0 Å². The maximum atomic E-state index is 10.2. The van der Waals surface area contributed by atoms with Gasteiger partial charge < -0.3 is 15.3 Å². The molecule has 0 aromatic heterocycles. The average Bonchev–Trinajstić information content (AvgIpc) is 3.00. The van der Waals surface area contributed by atoms with Crippen LogP contribution >= 0.6 is 0 Å². The normalized spacial score (nSPS) is 10.0. The molecule has 2 radical (unpaired) electrons. The summed E-state index contributed by atoms with van der Waals surface area (Å²) in [5.41, 5.74) is 0. The van der Waals surface area contributed by atoms with E-state index >= 15 is 0 Å². The Morgan fingerprint density at radius 1 is 0.318 bits per heavy atom. The van der Waals surface area contributed by atoms with E-state index in [2.05, 4.69) is 25.7 Å². The van der Waals surface area contributed by atoms with Gasteiger partial charge in [-0.15, -0.1) is 0 Å². The van der Waals surface area contributed by atoms with Crippen molar-refractivity contribution in [3.8, 4) is 0 Å². The van der Waals surface area contributed by atoms with Gasteiger partial charge in [-0.3, -0.25) is 14.4 Å². The second-order valence-electron chi connectivity index (χ2n) is 11.9. The van der Waals surface area contributed by atoms with Crippen molar-refractivity contribution >= 4 is 40.4 Å². The molecule has 44 heavy (non-hydrogen) atoms. The first-order chi connectivity index (χ1) is 21.3. The molecular formula is C37H76O6Sn. The van der Waals surface area contributed by atoms with Gasteiger partial charge in [0, 0.05) is 19.3 Å². The fourth-order valence-electron chi connectivity index (χ4n) is 4.76. The third-order valence-electron chi connectivity index (χ3n) is 7.48. The third-order valence-corrected chi connectivity index (χ3v) is 7.48. The fourth-order valence-corrected chi connectivity index (χ4v) is 4.76. The van der Waals surface area contributed by atoms with Crippen LogP contribution in [0, 0.1) is 0 Å². The number of rotatable bonds is 30. The van der Waals surface area contributed by atoms with E-state index in [9.17, 15) is 14.4 Å². The molecule has 3 N–H and O–H groups in total. The van der Waals surface area contributed by atoms with Gasteiger partial charge in [-0.1, -0.05) is 175 Å². The van der Waals surface area contributed by atoms with Crippen molar-refractivity contribution < 1.29 is 29.7 Å². The zero-order valence-electron chi connectivity index (χ0n) is 29.9. The number of aliphatic carboxylic acids is 3. The van der Waals surface area contributed by atoms with E-state index in [1.165, 1.54) is 157 Å². The second kappa shape index (κ2) is 49.1. The summed E-state index contributed by atoms with van der Waals surface area (Å²) in [6.45, 7) is 6.68. The van der Waals surface area contributed by atoms with Gasteiger partial charge in [0.05, 0.1) is 0 Å². The van der Waals surface area contributed by atoms with Crippen molar-refractivity contribution in [1.29, 1.82) is 0 Å². The van der Waals surface area contributed by atoms with Crippen LogP contribution in [-0.4, -0.2) is 55.8 Å². The topological polar surface area (TPSA) is 112 Å². The van der Waals surface area contributed by atoms with E-state index in [1.54, 1.807) is 0 Å². The van der Waals surface area contributed by atoms with E-state index in [4.69, 9.17) is 15.3 Å². The molecule has 0 aromatic rings. The molecule has 0 aromatic carbocycles. The Bertz CT molecular complexity index is 480. The average molecular weight is 736 g/mol. The van der Waals surface area contributed by atoms with Crippen LogP contribution < -0.4 is 0 Å². The molecule has 0 aliphatic heterocycles. The predicted molar refractivity (Wildman–Crippen MR) is 191 cm³/mol. The standard InChI is InChI=1S/3C12H24O2.CH3.Sn.H/c3*1-2-3-4-5-6-7-8-9-10-11-12(13)14;;;/h3*2-11H2,1H3,(H,13,14);1H3;;. The van der Waals surface area contributed by atoms with Crippen LogP contribution in [0.25, 0.3) is 0 Å². The summed E-state index contributed by atoms with van der Waals surface area (Å²) in [5, 5.41) is 25.2. The van der Waals surface area contributed by atoms with Gasteiger partial charge >= 0.3 is 45.4 Å². The Morgan fingerprint density at radius 3 is 0.591 bits per heavy atom. The van der Waals surface area contributed by atoms with Crippen LogP contribution in [0.4, 0.5) is 0 Å². The van der Waals surface area contributed by atoms with Gasteiger partial charge in [0.15, 0.2) is 0 Å². The van der Waals surface area contributed by atoms with Crippen molar-refractivity contribution in [3.05, 3.63) is 0 Å². The molecule has 0 rings (SSSR count). The van der Waals surface area contributed by atoms with Crippen LogP contribution in [0.15, 0.2) is 0 Å². The number of hydrogen-bond donors (Lipinski definition) is 3. The monoisotopic (exact) mass is 736 g/mol. The predicted octanol–water partition coefficient (Wildman–Crippen LogP) is 11.9. The Hall–Kier alpha value is -0.791. The minimum absolute atomic E-state index is 0.343. The van der Waals surface area contributed by atoms with Crippen molar-refractivity contribution in [2.75, 3.05) is 0 Å². The van der Waals surface area contributed by atoms with Crippen LogP contribution in [0.3, 0.4) is 0 Å². The summed E-state index contributed by atoms with van der Waals surface area (Å²) < 4.78 is 0. The molecule has 0 heterocycles. The molecule has 0 atom stereocenters. The molecule has 264 valence electrons. The molecular weight excluding hydrogens is 659 g/mol. The van der Waals surface area contributed by atoms with Gasteiger partial charge in [-0.2, -0.15) is 0 Å². The third kappa shape index (κ3) is 64.2. The van der Waals surface area contributed by atoms with Gasteiger partial charge in [-0.25, -0.2) is 0 Å². The van der Waals surface area contributed by atoms with Crippen molar-refractivity contribution in [2.24, 2.45) is 0 Å². The molecule has 0 aliphatic rings. The number of unbranched alkanes of at least 4 members (excludes halogenated alkanes) is 24. The Labute approximate surface area is 287 Å². The molecule has 0 saturated heterocycles. The molecule has 0 unspecified atom stereocenters. The van der Waals surface area contributed by atoms with E-state index in [-0.39, 0.29) is 0 Å².